The fraction of sp³-hybridized carbons (Fsp3) is 0.250. The molecule has 0 unspecified atom stereocenters. The predicted molar refractivity (Wildman–Crippen MR) is 79.5 cm³/mol. The predicted octanol–water partition coefficient (Wildman–Crippen LogP) is 3.87. The van der Waals surface area contributed by atoms with Crippen molar-refractivity contribution in [1.29, 1.82) is 0 Å². The Kier molecular flexibility index (Phi) is 4.71. The quantitative estimate of drug-likeness (QED) is 0.836. The third-order valence-corrected chi connectivity index (χ3v) is 3.01. The number of pyridine rings is 1. The molecule has 1 aromatic heterocycles. The summed E-state index contributed by atoms with van der Waals surface area (Å²) < 4.78 is 0. The Labute approximate surface area is 118 Å². The second-order valence-corrected chi connectivity index (χ2v) is 4.64. The van der Waals surface area contributed by atoms with Crippen LogP contribution in [-0.2, 0) is 6.42 Å². The minimum absolute atomic E-state index is 0.0366. The van der Waals surface area contributed by atoms with Crippen LogP contribution in [0.3, 0.4) is 0 Å². The highest BCUT2D eigenvalue weighted by atomic mass is 16.4. The molecule has 0 radical (unpaired) electrons. The van der Waals surface area contributed by atoms with E-state index in [0.29, 0.717) is 5.82 Å². The summed E-state index contributed by atoms with van der Waals surface area (Å²) in [6.07, 6.45) is 3.46. The maximum Gasteiger partial charge on any atom is 0.354 e. The average molecular weight is 270 g/mol. The number of rotatable bonds is 6. The number of nitrogens with zero attached hydrogens (tertiary/aromatic N) is 1. The second kappa shape index (κ2) is 6.70. The van der Waals surface area contributed by atoms with E-state index in [1.165, 1.54) is 24.5 Å². The van der Waals surface area contributed by atoms with Crippen LogP contribution in [0.1, 0.15) is 35.8 Å². The van der Waals surface area contributed by atoms with Gasteiger partial charge in [0.1, 0.15) is 5.82 Å². The molecule has 2 N–H and O–H groups in total. The lowest BCUT2D eigenvalue weighted by Crippen LogP contribution is -2.02. The highest BCUT2D eigenvalue weighted by Crippen LogP contribution is 2.16. The van der Waals surface area contributed by atoms with Crippen molar-refractivity contribution in [2.24, 2.45) is 0 Å². The van der Waals surface area contributed by atoms with Crippen LogP contribution >= 0.6 is 0 Å². The largest absolute Gasteiger partial charge is 0.477 e. The van der Waals surface area contributed by atoms with Crippen LogP contribution in [0.25, 0.3) is 0 Å². The molecule has 4 nitrogen and oxygen atoms in total. The summed E-state index contributed by atoms with van der Waals surface area (Å²) in [5.41, 5.74) is 2.25. The molecule has 0 aliphatic carbocycles. The van der Waals surface area contributed by atoms with Gasteiger partial charge in [0.25, 0.3) is 0 Å². The summed E-state index contributed by atoms with van der Waals surface area (Å²) in [6, 6.07) is 13.0. The minimum atomic E-state index is -1.02. The molecule has 4 heteroatoms. The third-order valence-electron chi connectivity index (χ3n) is 3.01. The van der Waals surface area contributed by atoms with Gasteiger partial charge in [-0.1, -0.05) is 31.5 Å². The lowest BCUT2D eigenvalue weighted by molar-refractivity contribution is 0.0690. The van der Waals surface area contributed by atoms with Gasteiger partial charge < -0.3 is 10.4 Å². The first-order valence-corrected chi connectivity index (χ1v) is 6.75. The van der Waals surface area contributed by atoms with E-state index >= 15 is 0 Å². The Balaban J connectivity index is 2.06. The molecule has 20 heavy (non-hydrogen) atoms. The molecule has 0 saturated carbocycles. The van der Waals surface area contributed by atoms with Crippen molar-refractivity contribution in [1.82, 2.24) is 4.98 Å². The fourth-order valence-corrected chi connectivity index (χ4v) is 1.91. The zero-order valence-corrected chi connectivity index (χ0v) is 11.5. The molecule has 1 heterocycles. The zero-order valence-electron chi connectivity index (χ0n) is 11.5. The summed E-state index contributed by atoms with van der Waals surface area (Å²) in [5, 5.41) is 12.0. The van der Waals surface area contributed by atoms with Crippen molar-refractivity contribution in [2.45, 2.75) is 26.2 Å². The van der Waals surface area contributed by atoms with E-state index in [0.717, 1.165) is 12.1 Å². The number of benzene rings is 1. The highest BCUT2D eigenvalue weighted by Gasteiger charge is 2.05. The number of anilines is 2. The molecule has 0 amide bonds. The number of aryl methyl sites for hydroxylation is 1. The fourth-order valence-electron chi connectivity index (χ4n) is 1.91. The number of unbranched alkanes of at least 4 members (excludes halogenated alkanes) is 1. The number of nitrogens with one attached hydrogen (secondary N) is 1. The Morgan fingerprint density at radius 1 is 1.20 bits per heavy atom. The molecule has 2 rings (SSSR count). The van der Waals surface area contributed by atoms with E-state index in [-0.39, 0.29) is 5.69 Å². The van der Waals surface area contributed by atoms with E-state index in [1.54, 1.807) is 12.1 Å². The number of hydrogen-bond acceptors (Lipinski definition) is 3. The number of carboxylic acids is 1. The number of aromatic nitrogens is 1. The molecule has 104 valence electrons. The van der Waals surface area contributed by atoms with E-state index in [2.05, 4.69) is 29.4 Å². The van der Waals surface area contributed by atoms with Gasteiger partial charge in [0, 0.05) is 5.69 Å². The van der Waals surface area contributed by atoms with Crippen LogP contribution < -0.4 is 5.32 Å². The first kappa shape index (κ1) is 14.1. The third kappa shape index (κ3) is 3.82. The van der Waals surface area contributed by atoms with Gasteiger partial charge in [-0.15, -0.1) is 0 Å². The lowest BCUT2D eigenvalue weighted by Gasteiger charge is -2.07. The second-order valence-electron chi connectivity index (χ2n) is 4.64. The molecule has 0 saturated heterocycles. The maximum absolute atomic E-state index is 10.9. The van der Waals surface area contributed by atoms with Crippen molar-refractivity contribution >= 4 is 17.5 Å². The number of carbonyl (C=O) groups is 1. The molecular weight excluding hydrogens is 252 g/mol. The smallest absolute Gasteiger partial charge is 0.354 e. The number of hydrogen-bond donors (Lipinski definition) is 2. The van der Waals surface area contributed by atoms with Crippen molar-refractivity contribution < 1.29 is 9.90 Å². The van der Waals surface area contributed by atoms with Gasteiger partial charge in [-0.3, -0.25) is 0 Å². The summed E-state index contributed by atoms with van der Waals surface area (Å²) in [7, 11) is 0. The van der Waals surface area contributed by atoms with Gasteiger partial charge in [-0.05, 0) is 42.7 Å². The minimum Gasteiger partial charge on any atom is -0.477 e. The van der Waals surface area contributed by atoms with Gasteiger partial charge in [-0.25, -0.2) is 9.78 Å². The van der Waals surface area contributed by atoms with Gasteiger partial charge in [0.2, 0.25) is 0 Å². The van der Waals surface area contributed by atoms with E-state index in [4.69, 9.17) is 5.11 Å². The number of carboxylic acid groups (broad SMARTS) is 1. The Morgan fingerprint density at radius 3 is 2.60 bits per heavy atom. The first-order chi connectivity index (χ1) is 9.69. The van der Waals surface area contributed by atoms with Crippen molar-refractivity contribution in [3.8, 4) is 0 Å². The molecule has 0 bridgehead atoms. The van der Waals surface area contributed by atoms with Crippen LogP contribution in [0.15, 0.2) is 42.5 Å². The average Bonchev–Trinajstić information content (AvgIpc) is 2.47. The molecule has 0 fully saturated rings. The number of aromatic carboxylic acids is 1. The molecular formula is C16H18N2O2. The standard InChI is InChI=1S/C16H18N2O2/c1-2-3-5-12-8-10-13(11-9-12)17-15-7-4-6-14(18-15)16(19)20/h4,6-11H,2-3,5H2,1H3,(H,17,18)(H,19,20). The van der Waals surface area contributed by atoms with E-state index < -0.39 is 5.97 Å². The van der Waals surface area contributed by atoms with Crippen molar-refractivity contribution in [2.75, 3.05) is 5.32 Å². The van der Waals surface area contributed by atoms with Gasteiger partial charge in [-0.2, -0.15) is 0 Å². The molecule has 2 aromatic rings. The van der Waals surface area contributed by atoms with Crippen LogP contribution in [0, 0.1) is 0 Å². The van der Waals surface area contributed by atoms with Gasteiger partial charge in [0.15, 0.2) is 5.69 Å². The van der Waals surface area contributed by atoms with Crippen molar-refractivity contribution in [3.05, 3.63) is 53.7 Å². The normalized spacial score (nSPS) is 10.2. The summed E-state index contributed by atoms with van der Waals surface area (Å²) >= 11 is 0. The van der Waals surface area contributed by atoms with Crippen LogP contribution in [0.2, 0.25) is 0 Å². The first-order valence-electron chi connectivity index (χ1n) is 6.75. The van der Waals surface area contributed by atoms with E-state index in [9.17, 15) is 4.79 Å². The Morgan fingerprint density at radius 2 is 1.95 bits per heavy atom. The lowest BCUT2D eigenvalue weighted by atomic mass is 10.1. The summed E-state index contributed by atoms with van der Waals surface area (Å²) in [5.74, 6) is -0.491. The topological polar surface area (TPSA) is 62.2 Å². The molecule has 0 spiro atoms. The van der Waals surface area contributed by atoms with Crippen molar-refractivity contribution in [3.63, 3.8) is 0 Å². The summed E-state index contributed by atoms with van der Waals surface area (Å²) in [4.78, 5) is 14.9. The van der Waals surface area contributed by atoms with Crippen LogP contribution in [-0.4, -0.2) is 16.1 Å². The van der Waals surface area contributed by atoms with E-state index in [1.807, 2.05) is 12.1 Å². The van der Waals surface area contributed by atoms with Gasteiger partial charge >= 0.3 is 5.97 Å². The SMILES string of the molecule is CCCCc1ccc(Nc2cccc(C(=O)O)n2)cc1. The molecule has 0 aliphatic heterocycles. The monoisotopic (exact) mass is 270 g/mol. The molecule has 1 aromatic carbocycles. The Bertz CT molecular complexity index is 579. The molecule has 0 atom stereocenters. The zero-order chi connectivity index (χ0) is 14.4. The summed E-state index contributed by atoms with van der Waals surface area (Å²) in [6.45, 7) is 2.18. The Hall–Kier alpha value is -2.36. The van der Waals surface area contributed by atoms with Crippen LogP contribution in [0.5, 0.6) is 0 Å². The molecule has 0 aliphatic rings. The van der Waals surface area contributed by atoms with Crippen LogP contribution in [0.4, 0.5) is 11.5 Å². The van der Waals surface area contributed by atoms with Gasteiger partial charge in [0.05, 0.1) is 0 Å². The highest BCUT2D eigenvalue weighted by molar-refractivity contribution is 5.85. The maximum atomic E-state index is 10.9.